The predicted molar refractivity (Wildman–Crippen MR) is 83.3 cm³/mol. The molecule has 5 heteroatoms. The first-order chi connectivity index (χ1) is 10.2. The van der Waals surface area contributed by atoms with Crippen molar-refractivity contribution >= 4 is 11.6 Å². The van der Waals surface area contributed by atoms with E-state index in [2.05, 4.69) is 4.98 Å². The number of halogens is 1. The van der Waals surface area contributed by atoms with Crippen molar-refractivity contribution in [2.45, 2.75) is 38.5 Å². The topological polar surface area (TPSA) is 58.0 Å². The number of benzene rings is 1. The first-order valence-electron chi connectivity index (χ1n) is 7.44. The van der Waals surface area contributed by atoms with Crippen molar-refractivity contribution in [2.75, 3.05) is 0 Å². The Morgan fingerprint density at radius 1 is 1.24 bits per heavy atom. The summed E-state index contributed by atoms with van der Waals surface area (Å²) in [5.74, 6) is 0.529. The zero-order chi connectivity index (χ0) is 14.8. The summed E-state index contributed by atoms with van der Waals surface area (Å²) in [4.78, 5) is 14.9. The minimum Gasteiger partial charge on any atom is -0.493 e. The molecule has 112 valence electrons. The number of para-hydroxylation sites is 1. The van der Waals surface area contributed by atoms with Crippen LogP contribution >= 0.6 is 11.6 Å². The van der Waals surface area contributed by atoms with Gasteiger partial charge >= 0.3 is 5.69 Å². The Hall–Kier alpha value is -1.68. The van der Waals surface area contributed by atoms with Gasteiger partial charge in [0.25, 0.3) is 0 Å². The molecule has 0 radical (unpaired) electrons. The summed E-state index contributed by atoms with van der Waals surface area (Å²) in [7, 11) is 0. The molecule has 1 aliphatic carbocycles. The molecule has 1 aromatic carbocycles. The number of hydrogen-bond donors (Lipinski definition) is 2. The molecule has 3 rings (SSSR count). The molecule has 1 fully saturated rings. The fourth-order valence-corrected chi connectivity index (χ4v) is 3.37. The highest BCUT2D eigenvalue weighted by Crippen LogP contribution is 2.30. The second kappa shape index (κ2) is 5.98. The number of aromatic nitrogens is 2. The summed E-state index contributed by atoms with van der Waals surface area (Å²) >= 11 is 6.12. The van der Waals surface area contributed by atoms with Crippen molar-refractivity contribution in [2.24, 2.45) is 5.92 Å². The molecule has 4 nitrogen and oxygen atoms in total. The van der Waals surface area contributed by atoms with E-state index in [0.717, 1.165) is 6.42 Å². The average molecular weight is 307 g/mol. The number of nitrogens with zero attached hydrogens (tertiary/aromatic N) is 1. The van der Waals surface area contributed by atoms with Crippen LogP contribution in [0.2, 0.25) is 5.02 Å². The normalized spacial score (nSPS) is 16.2. The Labute approximate surface area is 128 Å². The van der Waals surface area contributed by atoms with Crippen molar-refractivity contribution in [1.82, 2.24) is 9.55 Å². The van der Waals surface area contributed by atoms with Crippen LogP contribution in [-0.4, -0.2) is 14.7 Å². The van der Waals surface area contributed by atoms with E-state index >= 15 is 0 Å². The largest absolute Gasteiger partial charge is 0.493 e. The quantitative estimate of drug-likeness (QED) is 0.909. The lowest BCUT2D eigenvalue weighted by Crippen LogP contribution is -2.15. The van der Waals surface area contributed by atoms with E-state index in [1.807, 2.05) is 0 Å². The summed E-state index contributed by atoms with van der Waals surface area (Å²) in [6.07, 6.45) is 6.82. The molecular formula is C16H19ClN2O2. The van der Waals surface area contributed by atoms with Gasteiger partial charge in [0, 0.05) is 0 Å². The first kappa shape index (κ1) is 14.3. The molecule has 21 heavy (non-hydrogen) atoms. The molecule has 0 unspecified atom stereocenters. The molecule has 2 N–H and O–H groups in total. The van der Waals surface area contributed by atoms with Gasteiger partial charge in [-0.2, -0.15) is 0 Å². The van der Waals surface area contributed by atoms with Crippen molar-refractivity contribution in [3.8, 4) is 11.6 Å². The van der Waals surface area contributed by atoms with Crippen LogP contribution in [0.25, 0.3) is 5.69 Å². The van der Waals surface area contributed by atoms with Crippen LogP contribution in [0.5, 0.6) is 5.88 Å². The first-order valence-corrected chi connectivity index (χ1v) is 7.82. The molecular weight excluding hydrogens is 288 g/mol. The number of aromatic amines is 1. The molecule has 0 bridgehead atoms. The van der Waals surface area contributed by atoms with Gasteiger partial charge in [-0.1, -0.05) is 55.8 Å². The Morgan fingerprint density at radius 3 is 2.67 bits per heavy atom. The van der Waals surface area contributed by atoms with E-state index in [0.29, 0.717) is 22.3 Å². The molecule has 0 spiro atoms. The number of imidazole rings is 1. The van der Waals surface area contributed by atoms with E-state index in [-0.39, 0.29) is 11.6 Å². The van der Waals surface area contributed by atoms with Crippen LogP contribution in [0.1, 0.15) is 37.8 Å². The lowest BCUT2D eigenvalue weighted by atomic mass is 9.86. The van der Waals surface area contributed by atoms with Gasteiger partial charge in [-0.05, 0) is 24.5 Å². The number of rotatable bonds is 3. The summed E-state index contributed by atoms with van der Waals surface area (Å²) < 4.78 is 1.25. The number of hydrogen-bond acceptors (Lipinski definition) is 2. The van der Waals surface area contributed by atoms with Crippen LogP contribution < -0.4 is 5.69 Å². The maximum absolute atomic E-state index is 12.1. The molecule has 1 aliphatic rings. The minimum absolute atomic E-state index is 0.0151. The van der Waals surface area contributed by atoms with Crippen LogP contribution in [0.3, 0.4) is 0 Å². The molecule has 0 atom stereocenters. The third-order valence-electron chi connectivity index (χ3n) is 4.25. The maximum Gasteiger partial charge on any atom is 0.333 e. The van der Waals surface area contributed by atoms with Gasteiger partial charge in [0.1, 0.15) is 0 Å². The molecule has 1 aromatic heterocycles. The number of aromatic hydroxyl groups is 1. The highest BCUT2D eigenvalue weighted by molar-refractivity contribution is 6.32. The maximum atomic E-state index is 12.1. The lowest BCUT2D eigenvalue weighted by molar-refractivity contribution is 0.347. The lowest BCUT2D eigenvalue weighted by Gasteiger charge is -2.20. The van der Waals surface area contributed by atoms with Gasteiger partial charge in [-0.15, -0.1) is 0 Å². The van der Waals surface area contributed by atoms with Crippen LogP contribution in [0.4, 0.5) is 0 Å². The molecule has 1 saturated carbocycles. The highest BCUT2D eigenvalue weighted by Gasteiger charge is 2.21. The van der Waals surface area contributed by atoms with Crippen LogP contribution in [0, 0.1) is 5.92 Å². The molecule has 0 amide bonds. The monoisotopic (exact) mass is 306 g/mol. The molecule has 1 heterocycles. The van der Waals surface area contributed by atoms with Crippen molar-refractivity contribution in [3.63, 3.8) is 0 Å². The second-order valence-electron chi connectivity index (χ2n) is 5.73. The Bertz CT molecular complexity index is 684. The van der Waals surface area contributed by atoms with E-state index in [9.17, 15) is 9.90 Å². The van der Waals surface area contributed by atoms with E-state index in [1.54, 1.807) is 24.3 Å². The van der Waals surface area contributed by atoms with Gasteiger partial charge in [-0.3, -0.25) is 0 Å². The second-order valence-corrected chi connectivity index (χ2v) is 6.13. The van der Waals surface area contributed by atoms with Crippen molar-refractivity contribution in [1.29, 1.82) is 0 Å². The van der Waals surface area contributed by atoms with Gasteiger partial charge in [-0.25, -0.2) is 9.36 Å². The van der Waals surface area contributed by atoms with Gasteiger partial charge in [0.05, 0.1) is 16.4 Å². The molecule has 2 aromatic rings. The predicted octanol–water partition coefficient (Wildman–Crippen LogP) is 3.65. The van der Waals surface area contributed by atoms with Gasteiger partial charge in [0.15, 0.2) is 0 Å². The Kier molecular flexibility index (Phi) is 4.06. The third-order valence-corrected chi connectivity index (χ3v) is 4.57. The van der Waals surface area contributed by atoms with Crippen molar-refractivity contribution < 1.29 is 5.11 Å². The summed E-state index contributed by atoms with van der Waals surface area (Å²) in [5, 5.41) is 10.8. The fraction of sp³-hybridized carbons (Fsp3) is 0.438. The van der Waals surface area contributed by atoms with Crippen LogP contribution in [0.15, 0.2) is 29.1 Å². The number of nitrogens with one attached hydrogen (secondary N) is 1. The van der Waals surface area contributed by atoms with Gasteiger partial charge < -0.3 is 10.1 Å². The fourth-order valence-electron chi connectivity index (χ4n) is 3.15. The SMILES string of the molecule is O=c1[nH]c(CC2CCCCC2)c(O)n1-c1ccccc1Cl. The number of H-pyrrole nitrogens is 1. The molecule has 0 aliphatic heterocycles. The summed E-state index contributed by atoms with van der Waals surface area (Å²) in [6, 6.07) is 7.02. The minimum atomic E-state index is -0.341. The zero-order valence-electron chi connectivity index (χ0n) is 11.8. The summed E-state index contributed by atoms with van der Waals surface area (Å²) in [6.45, 7) is 0. The highest BCUT2D eigenvalue weighted by atomic mass is 35.5. The van der Waals surface area contributed by atoms with Crippen LogP contribution in [-0.2, 0) is 6.42 Å². The summed E-state index contributed by atoms with van der Waals surface area (Å²) in [5.41, 5.74) is 0.783. The smallest absolute Gasteiger partial charge is 0.333 e. The zero-order valence-corrected chi connectivity index (χ0v) is 12.6. The standard InChI is InChI=1S/C16H19ClN2O2/c17-12-8-4-5-9-14(12)19-15(20)13(18-16(19)21)10-11-6-2-1-3-7-11/h4-5,8-9,11,20H,1-3,6-7,10H2,(H,18,21). The van der Waals surface area contributed by atoms with E-state index in [4.69, 9.17) is 11.6 Å². The Morgan fingerprint density at radius 2 is 1.95 bits per heavy atom. The average Bonchev–Trinajstić information content (AvgIpc) is 2.76. The van der Waals surface area contributed by atoms with E-state index < -0.39 is 0 Å². The van der Waals surface area contributed by atoms with Crippen molar-refractivity contribution in [3.05, 3.63) is 45.5 Å². The third kappa shape index (κ3) is 2.86. The van der Waals surface area contributed by atoms with E-state index in [1.165, 1.54) is 36.7 Å². The Balaban J connectivity index is 1.93. The molecule has 0 saturated heterocycles. The van der Waals surface area contributed by atoms with Gasteiger partial charge in [0.2, 0.25) is 5.88 Å².